The molecule has 2 unspecified atom stereocenters. The van der Waals surface area contributed by atoms with E-state index in [0.717, 1.165) is 19.3 Å². The third-order valence-corrected chi connectivity index (χ3v) is 4.64. The zero-order valence-corrected chi connectivity index (χ0v) is 11.9. The summed E-state index contributed by atoms with van der Waals surface area (Å²) in [5, 5.41) is 9.59. The predicted octanol–water partition coefficient (Wildman–Crippen LogP) is 0.778. The van der Waals surface area contributed by atoms with Crippen molar-refractivity contribution in [1.29, 1.82) is 0 Å². The summed E-state index contributed by atoms with van der Waals surface area (Å²) < 4.78 is 24.3. The zero-order valence-electron chi connectivity index (χ0n) is 11.1. The fraction of sp³-hybridized carbons (Fsp3) is 0.917. The van der Waals surface area contributed by atoms with Crippen LogP contribution >= 0.6 is 0 Å². The van der Waals surface area contributed by atoms with Crippen LogP contribution in [0.5, 0.6) is 0 Å². The minimum absolute atomic E-state index is 0.0486. The average Bonchev–Trinajstić information content (AvgIpc) is 2.28. The highest BCUT2D eigenvalue weighted by molar-refractivity contribution is 7.88. The van der Waals surface area contributed by atoms with E-state index in [0.29, 0.717) is 19.5 Å². The number of piperidine rings is 1. The number of nitrogens with zero attached hydrogens (tertiary/aromatic N) is 1. The summed E-state index contributed by atoms with van der Waals surface area (Å²) in [5.41, 5.74) is 0. The minimum atomic E-state index is -3.17. The molecule has 1 rings (SSSR count). The average molecular weight is 277 g/mol. The van der Waals surface area contributed by atoms with Gasteiger partial charge in [-0.1, -0.05) is 13.3 Å². The number of Topliss-reactive ketones (excluding diaryl/α,β-unsaturated/α-hetero) is 1. The highest BCUT2D eigenvalue weighted by atomic mass is 32.2. The molecular weight excluding hydrogens is 254 g/mol. The smallest absolute Gasteiger partial charge is 0.211 e. The monoisotopic (exact) mass is 277 g/mol. The maximum absolute atomic E-state index is 11.7. The van der Waals surface area contributed by atoms with Crippen LogP contribution in [0.3, 0.4) is 0 Å². The lowest BCUT2D eigenvalue weighted by Crippen LogP contribution is -2.40. The molecule has 1 aliphatic rings. The van der Waals surface area contributed by atoms with Gasteiger partial charge < -0.3 is 5.11 Å². The fourth-order valence-electron chi connectivity index (χ4n) is 2.35. The summed E-state index contributed by atoms with van der Waals surface area (Å²) in [6, 6.07) is 0. The van der Waals surface area contributed by atoms with Gasteiger partial charge in [0.05, 0.1) is 6.26 Å². The Bertz CT molecular complexity index is 380. The molecule has 1 aliphatic heterocycles. The Hall–Kier alpha value is -0.460. The summed E-state index contributed by atoms with van der Waals surface area (Å²) in [6.07, 6.45) is 3.50. The number of rotatable bonds is 6. The number of aliphatic hydroxyl groups is 1. The van der Waals surface area contributed by atoms with Crippen molar-refractivity contribution in [1.82, 2.24) is 4.31 Å². The molecule has 0 spiro atoms. The normalized spacial score (nSPS) is 23.8. The quantitative estimate of drug-likeness (QED) is 0.778. The van der Waals surface area contributed by atoms with E-state index in [1.807, 2.05) is 6.92 Å². The van der Waals surface area contributed by atoms with Crippen molar-refractivity contribution < 1.29 is 18.3 Å². The van der Waals surface area contributed by atoms with E-state index < -0.39 is 16.1 Å². The molecule has 0 aromatic carbocycles. The van der Waals surface area contributed by atoms with Gasteiger partial charge in [-0.3, -0.25) is 4.79 Å². The molecule has 106 valence electrons. The van der Waals surface area contributed by atoms with Gasteiger partial charge in [0.25, 0.3) is 0 Å². The predicted molar refractivity (Wildman–Crippen MR) is 69.7 cm³/mol. The Balaban J connectivity index is 2.50. The van der Waals surface area contributed by atoms with Crippen molar-refractivity contribution in [3.8, 4) is 0 Å². The largest absolute Gasteiger partial charge is 0.385 e. The molecule has 18 heavy (non-hydrogen) atoms. The first-order valence-electron chi connectivity index (χ1n) is 6.50. The number of hydrogen-bond donors (Lipinski definition) is 1. The van der Waals surface area contributed by atoms with Crippen molar-refractivity contribution in [3.63, 3.8) is 0 Å². The van der Waals surface area contributed by atoms with Crippen LogP contribution in [0.1, 0.15) is 39.0 Å². The summed E-state index contributed by atoms with van der Waals surface area (Å²) in [7, 11) is -3.17. The standard InChI is InChI=1S/C12H23NO4S/c1-3-5-11(14)12(15)8-10-6-4-7-13(9-10)18(2,16)17/h10-11,14H,3-9H2,1-2H3. The Morgan fingerprint density at radius 3 is 2.72 bits per heavy atom. The number of ketones is 1. The van der Waals surface area contributed by atoms with Crippen LogP contribution in [0.25, 0.3) is 0 Å². The number of sulfonamides is 1. The summed E-state index contributed by atoms with van der Waals surface area (Å²) in [6.45, 7) is 2.87. The van der Waals surface area contributed by atoms with Crippen molar-refractivity contribution >= 4 is 15.8 Å². The van der Waals surface area contributed by atoms with Gasteiger partial charge in [0.2, 0.25) is 10.0 Å². The van der Waals surface area contributed by atoms with Gasteiger partial charge in [-0.25, -0.2) is 12.7 Å². The SMILES string of the molecule is CCCC(O)C(=O)CC1CCCN(S(C)(=O)=O)C1. The van der Waals surface area contributed by atoms with Gasteiger partial charge in [0.1, 0.15) is 6.10 Å². The second-order valence-electron chi connectivity index (χ2n) is 5.10. The van der Waals surface area contributed by atoms with Gasteiger partial charge in [0, 0.05) is 19.5 Å². The highest BCUT2D eigenvalue weighted by Crippen LogP contribution is 2.22. The maximum atomic E-state index is 11.7. The van der Waals surface area contributed by atoms with E-state index in [2.05, 4.69) is 0 Å². The van der Waals surface area contributed by atoms with Crippen LogP contribution in [-0.4, -0.2) is 49.1 Å². The zero-order chi connectivity index (χ0) is 13.8. The third kappa shape index (κ3) is 4.66. The molecule has 0 saturated carbocycles. The third-order valence-electron chi connectivity index (χ3n) is 3.37. The Morgan fingerprint density at radius 2 is 2.17 bits per heavy atom. The summed E-state index contributed by atoms with van der Waals surface area (Å²) in [4.78, 5) is 11.7. The Morgan fingerprint density at radius 1 is 1.50 bits per heavy atom. The Labute approximate surface area is 109 Å². The molecule has 1 heterocycles. The van der Waals surface area contributed by atoms with Crippen molar-refractivity contribution in [2.75, 3.05) is 19.3 Å². The van der Waals surface area contributed by atoms with Gasteiger partial charge in [-0.05, 0) is 25.2 Å². The fourth-order valence-corrected chi connectivity index (χ4v) is 3.29. The summed E-state index contributed by atoms with van der Waals surface area (Å²) >= 11 is 0. The first-order chi connectivity index (χ1) is 8.34. The number of carbonyl (C=O) groups excluding carboxylic acids is 1. The molecule has 0 aromatic rings. The number of hydrogen-bond acceptors (Lipinski definition) is 4. The molecule has 1 N–H and O–H groups in total. The molecule has 1 saturated heterocycles. The topological polar surface area (TPSA) is 74.7 Å². The van der Waals surface area contributed by atoms with Crippen molar-refractivity contribution in [2.24, 2.45) is 5.92 Å². The van der Waals surface area contributed by atoms with Crippen LogP contribution in [0.15, 0.2) is 0 Å². The highest BCUT2D eigenvalue weighted by Gasteiger charge is 2.28. The lowest BCUT2D eigenvalue weighted by molar-refractivity contribution is -0.128. The maximum Gasteiger partial charge on any atom is 0.211 e. The molecule has 1 fully saturated rings. The molecule has 0 aromatic heterocycles. The molecule has 6 heteroatoms. The van der Waals surface area contributed by atoms with E-state index in [1.165, 1.54) is 10.6 Å². The van der Waals surface area contributed by atoms with Gasteiger partial charge >= 0.3 is 0 Å². The second kappa shape index (κ2) is 6.63. The van der Waals surface area contributed by atoms with Crippen molar-refractivity contribution in [3.05, 3.63) is 0 Å². The van der Waals surface area contributed by atoms with Crippen LogP contribution in [0, 0.1) is 5.92 Å². The van der Waals surface area contributed by atoms with Crippen LogP contribution in [-0.2, 0) is 14.8 Å². The molecule has 5 nitrogen and oxygen atoms in total. The Kier molecular flexibility index (Phi) is 5.75. The second-order valence-corrected chi connectivity index (χ2v) is 7.09. The van der Waals surface area contributed by atoms with Crippen LogP contribution in [0.2, 0.25) is 0 Å². The van der Waals surface area contributed by atoms with Crippen LogP contribution < -0.4 is 0 Å². The molecular formula is C12H23NO4S. The van der Waals surface area contributed by atoms with Gasteiger partial charge in [0.15, 0.2) is 5.78 Å². The molecule has 0 radical (unpaired) electrons. The molecule has 0 bridgehead atoms. The molecule has 2 atom stereocenters. The first-order valence-corrected chi connectivity index (χ1v) is 8.35. The lowest BCUT2D eigenvalue weighted by atomic mass is 9.92. The number of carbonyl (C=O) groups is 1. The first kappa shape index (κ1) is 15.6. The lowest BCUT2D eigenvalue weighted by Gasteiger charge is -2.30. The van der Waals surface area contributed by atoms with E-state index in [9.17, 15) is 18.3 Å². The van der Waals surface area contributed by atoms with E-state index in [1.54, 1.807) is 0 Å². The molecule has 0 aliphatic carbocycles. The van der Waals surface area contributed by atoms with Crippen molar-refractivity contribution in [2.45, 2.75) is 45.1 Å². The van der Waals surface area contributed by atoms with E-state index in [4.69, 9.17) is 0 Å². The molecule has 0 amide bonds. The van der Waals surface area contributed by atoms with Gasteiger partial charge in [-0.15, -0.1) is 0 Å². The van der Waals surface area contributed by atoms with E-state index in [-0.39, 0.29) is 18.1 Å². The minimum Gasteiger partial charge on any atom is -0.385 e. The summed E-state index contributed by atoms with van der Waals surface area (Å²) in [5.74, 6) is -0.107. The van der Waals surface area contributed by atoms with Crippen LogP contribution in [0.4, 0.5) is 0 Å². The number of aliphatic hydroxyl groups excluding tert-OH is 1. The van der Waals surface area contributed by atoms with E-state index >= 15 is 0 Å². The van der Waals surface area contributed by atoms with Gasteiger partial charge in [-0.2, -0.15) is 0 Å².